The molecule has 9 heteroatoms. The summed E-state index contributed by atoms with van der Waals surface area (Å²) in [6.07, 6.45) is 15.0. The summed E-state index contributed by atoms with van der Waals surface area (Å²) >= 11 is 11.7. The predicted molar refractivity (Wildman–Crippen MR) is 234 cm³/mol. The number of nitrogens with zero attached hydrogens (tertiary/aromatic N) is 2. The Kier molecular flexibility index (Phi) is 14.4. The fraction of sp³-hybridized carbons (Fsp3) is 0.500. The zero-order chi connectivity index (χ0) is 37.5. The molecule has 4 aromatic heterocycles. The molecule has 53 heavy (non-hydrogen) atoms. The Bertz CT molecular complexity index is 1920. The fourth-order valence-electron chi connectivity index (χ4n) is 7.63. The van der Waals surface area contributed by atoms with Crippen molar-refractivity contribution >= 4 is 81.2 Å². The number of carbonyl (C=O) groups excluding carboxylic acids is 2. The van der Waals surface area contributed by atoms with E-state index in [4.69, 9.17) is 0 Å². The van der Waals surface area contributed by atoms with Crippen molar-refractivity contribution in [3.8, 4) is 19.5 Å². The third-order valence-electron chi connectivity index (χ3n) is 10.8. The second-order valence-corrected chi connectivity index (χ2v) is 19.9. The molecule has 6 rings (SSSR count). The molecule has 2 atom stereocenters. The quantitative estimate of drug-likeness (QED) is 0.0673. The molecule has 0 bridgehead atoms. The van der Waals surface area contributed by atoms with Gasteiger partial charge in [0.15, 0.2) is 0 Å². The van der Waals surface area contributed by atoms with Crippen molar-refractivity contribution in [3.05, 3.63) is 74.3 Å². The van der Waals surface area contributed by atoms with Crippen LogP contribution in [0.15, 0.2) is 63.9 Å². The van der Waals surface area contributed by atoms with Crippen LogP contribution in [0.4, 0.5) is 0 Å². The standard InChI is InChI=1S/C44H56N2O2S5/c1-6-11-14-15-18-31-19-20-32(50-31)33-21-22-34(51-33)35-23-24-36(52-35)41-39-40(44(48)45(41)27-29(9-4)16-12-7-2)42(37-25-26-38(49)53-37)46(43(39)47)28-30(10-5)17-13-8-3/h19-26,29-30,49H,6-18,27-28H2,1-5H3. The zero-order valence-corrected chi connectivity index (χ0v) is 36.3. The summed E-state index contributed by atoms with van der Waals surface area (Å²) in [4.78, 5) is 42.1. The molecule has 0 saturated carbocycles. The van der Waals surface area contributed by atoms with E-state index in [1.165, 1.54) is 50.1 Å². The molecular weight excluding hydrogens is 749 g/mol. The third-order valence-corrected chi connectivity index (χ3v) is 15.9. The fourth-order valence-corrected chi connectivity index (χ4v) is 12.1. The molecule has 0 aliphatic carbocycles. The van der Waals surface area contributed by atoms with Gasteiger partial charge < -0.3 is 9.80 Å². The molecule has 284 valence electrons. The van der Waals surface area contributed by atoms with Gasteiger partial charge in [0.25, 0.3) is 11.8 Å². The van der Waals surface area contributed by atoms with Crippen LogP contribution in [0.2, 0.25) is 0 Å². The minimum absolute atomic E-state index is 0.0249. The number of hydrogen-bond acceptors (Lipinski definition) is 7. The molecule has 0 fully saturated rings. The van der Waals surface area contributed by atoms with Gasteiger partial charge in [0, 0.05) is 37.5 Å². The summed E-state index contributed by atoms with van der Waals surface area (Å²) in [5, 5.41) is 0. The Morgan fingerprint density at radius 2 is 0.981 bits per heavy atom. The molecule has 2 amide bonds. The van der Waals surface area contributed by atoms with E-state index in [1.54, 1.807) is 22.7 Å². The summed E-state index contributed by atoms with van der Waals surface area (Å²) in [6.45, 7) is 12.4. The molecule has 2 aliphatic rings. The van der Waals surface area contributed by atoms with Crippen molar-refractivity contribution < 1.29 is 9.59 Å². The highest BCUT2D eigenvalue weighted by Crippen LogP contribution is 2.51. The lowest BCUT2D eigenvalue weighted by Gasteiger charge is -2.29. The molecule has 0 saturated heterocycles. The summed E-state index contributed by atoms with van der Waals surface area (Å²) in [7, 11) is 0. The van der Waals surface area contributed by atoms with Crippen LogP contribution in [0, 0.1) is 11.8 Å². The molecule has 0 spiro atoms. The van der Waals surface area contributed by atoms with E-state index >= 15 is 0 Å². The average Bonchev–Trinajstić information content (AvgIpc) is 4.02. The van der Waals surface area contributed by atoms with Gasteiger partial charge in [-0.15, -0.1) is 58.0 Å². The number of hydrogen-bond donors (Lipinski definition) is 1. The van der Waals surface area contributed by atoms with Crippen LogP contribution in [0.25, 0.3) is 30.9 Å². The maximum absolute atomic E-state index is 14.9. The summed E-state index contributed by atoms with van der Waals surface area (Å²) in [5.74, 6) is 0.694. The first kappa shape index (κ1) is 40.2. The zero-order valence-electron chi connectivity index (χ0n) is 32.2. The molecule has 2 aliphatic heterocycles. The van der Waals surface area contributed by atoms with Gasteiger partial charge in [0.2, 0.25) is 0 Å². The minimum Gasteiger partial charge on any atom is -0.306 e. The van der Waals surface area contributed by atoms with Crippen LogP contribution in [-0.4, -0.2) is 34.7 Å². The van der Waals surface area contributed by atoms with Crippen LogP contribution in [-0.2, 0) is 16.0 Å². The van der Waals surface area contributed by atoms with E-state index < -0.39 is 0 Å². The molecule has 0 aromatic carbocycles. The van der Waals surface area contributed by atoms with Gasteiger partial charge >= 0.3 is 0 Å². The Balaban J connectivity index is 1.38. The smallest absolute Gasteiger partial charge is 0.261 e. The highest BCUT2D eigenvalue weighted by Gasteiger charge is 2.50. The van der Waals surface area contributed by atoms with Gasteiger partial charge in [-0.25, -0.2) is 0 Å². The second kappa shape index (κ2) is 18.9. The number of carbonyl (C=O) groups is 2. The molecule has 2 unspecified atom stereocenters. The summed E-state index contributed by atoms with van der Waals surface area (Å²) < 4.78 is 0.882. The molecule has 4 nitrogen and oxygen atoms in total. The van der Waals surface area contributed by atoms with Gasteiger partial charge in [-0.2, -0.15) is 0 Å². The molecule has 4 aromatic rings. The van der Waals surface area contributed by atoms with Crippen LogP contribution < -0.4 is 0 Å². The Morgan fingerprint density at radius 3 is 1.47 bits per heavy atom. The van der Waals surface area contributed by atoms with Crippen molar-refractivity contribution in [2.24, 2.45) is 11.8 Å². The first-order chi connectivity index (χ1) is 25.8. The number of fused-ring (bicyclic) bond motifs is 1. The van der Waals surface area contributed by atoms with E-state index in [1.807, 2.05) is 44.6 Å². The maximum Gasteiger partial charge on any atom is 0.261 e. The number of unbranched alkanes of at least 4 members (excludes halogenated alkanes) is 5. The molecule has 0 N–H and O–H groups in total. The van der Waals surface area contributed by atoms with Crippen molar-refractivity contribution in [3.63, 3.8) is 0 Å². The average molecular weight is 805 g/mol. The van der Waals surface area contributed by atoms with Gasteiger partial charge in [-0.05, 0) is 86.1 Å². The number of thiophene rings is 4. The Hall–Kier alpha value is -2.43. The third kappa shape index (κ3) is 9.01. The first-order valence-corrected chi connectivity index (χ1v) is 23.7. The SMILES string of the molecule is CCCCCCc1ccc(-c2ccc(-c3ccc(C4=C5C(=O)N(CC(CC)CCCC)C(c6ccc(S)s6)=C5C(=O)N4CC(CC)CCCC)s3)s2)s1. The van der Waals surface area contributed by atoms with Crippen LogP contribution in [0.5, 0.6) is 0 Å². The van der Waals surface area contributed by atoms with Crippen molar-refractivity contribution in [2.45, 2.75) is 122 Å². The van der Waals surface area contributed by atoms with Crippen molar-refractivity contribution in [2.75, 3.05) is 13.1 Å². The number of aryl methyl sites for hydroxylation is 1. The minimum atomic E-state index is -0.0249. The lowest BCUT2D eigenvalue weighted by atomic mass is 9.98. The predicted octanol–water partition coefficient (Wildman–Crippen LogP) is 13.9. The van der Waals surface area contributed by atoms with Crippen molar-refractivity contribution in [1.29, 1.82) is 0 Å². The Morgan fingerprint density at radius 1 is 0.528 bits per heavy atom. The molecular formula is C44H56N2O2S5. The van der Waals surface area contributed by atoms with Gasteiger partial charge in [0.05, 0.1) is 36.5 Å². The van der Waals surface area contributed by atoms with Crippen molar-refractivity contribution in [1.82, 2.24) is 9.80 Å². The monoisotopic (exact) mass is 804 g/mol. The number of thiol groups is 1. The van der Waals surface area contributed by atoms with Crippen LogP contribution in [0.3, 0.4) is 0 Å². The van der Waals surface area contributed by atoms with Crippen LogP contribution in [0.1, 0.15) is 126 Å². The lowest BCUT2D eigenvalue weighted by molar-refractivity contribution is -0.124. The summed E-state index contributed by atoms with van der Waals surface area (Å²) in [5.41, 5.74) is 2.79. The van der Waals surface area contributed by atoms with Crippen LogP contribution >= 0.6 is 58.0 Å². The molecule has 0 radical (unpaired) electrons. The number of rotatable bonds is 21. The largest absolute Gasteiger partial charge is 0.306 e. The highest BCUT2D eigenvalue weighted by molar-refractivity contribution is 7.82. The maximum atomic E-state index is 14.9. The van der Waals surface area contributed by atoms with E-state index in [-0.39, 0.29) is 11.8 Å². The highest BCUT2D eigenvalue weighted by atomic mass is 32.2. The van der Waals surface area contributed by atoms with E-state index in [9.17, 15) is 9.59 Å². The normalized spacial score (nSPS) is 15.8. The lowest BCUT2D eigenvalue weighted by Crippen LogP contribution is -2.34. The van der Waals surface area contributed by atoms with E-state index in [2.05, 4.69) is 83.6 Å². The second-order valence-electron chi connectivity index (χ2n) is 14.7. The number of amides is 2. The van der Waals surface area contributed by atoms with Gasteiger partial charge in [-0.3, -0.25) is 9.59 Å². The first-order valence-electron chi connectivity index (χ1n) is 20.0. The van der Waals surface area contributed by atoms with Gasteiger partial charge in [0.1, 0.15) is 0 Å². The van der Waals surface area contributed by atoms with Gasteiger partial charge in [-0.1, -0.05) is 92.4 Å². The Labute approximate surface area is 339 Å². The topological polar surface area (TPSA) is 40.6 Å². The van der Waals surface area contributed by atoms with E-state index in [0.717, 1.165) is 83.1 Å². The summed E-state index contributed by atoms with van der Waals surface area (Å²) in [6, 6.07) is 17.4. The van der Waals surface area contributed by atoms with E-state index in [0.29, 0.717) is 36.1 Å². The molecule has 6 heterocycles.